The van der Waals surface area contributed by atoms with Crippen LogP contribution in [-0.2, 0) is 13.2 Å². The number of nitrogens with zero attached hydrogens (tertiary/aromatic N) is 2. The van der Waals surface area contributed by atoms with Crippen LogP contribution in [0.25, 0.3) is 10.8 Å². The summed E-state index contributed by atoms with van der Waals surface area (Å²) in [5, 5.41) is 2.15. The van der Waals surface area contributed by atoms with Gasteiger partial charge in [0.25, 0.3) is 5.91 Å². The van der Waals surface area contributed by atoms with Crippen molar-refractivity contribution in [3.63, 3.8) is 0 Å². The minimum atomic E-state index is -0.223. The molecule has 33 heavy (non-hydrogen) atoms. The zero-order valence-corrected chi connectivity index (χ0v) is 18.2. The summed E-state index contributed by atoms with van der Waals surface area (Å²) >= 11 is 0. The Hall–Kier alpha value is -3.64. The van der Waals surface area contributed by atoms with Crippen LogP contribution in [0.4, 0.5) is 4.39 Å². The lowest BCUT2D eigenvalue weighted by Crippen LogP contribution is -2.48. The fraction of sp³-hybridized carbons (Fsp3) is 0.222. The van der Waals surface area contributed by atoms with Gasteiger partial charge in [-0.15, -0.1) is 0 Å². The van der Waals surface area contributed by atoms with Crippen molar-refractivity contribution in [2.75, 3.05) is 26.2 Å². The van der Waals surface area contributed by atoms with Crippen LogP contribution in [0, 0.1) is 5.82 Å². The SMILES string of the molecule is O=C(c1ccc(COc2cccc3ccccc23)o1)N1CCN(Cc2cccc(F)c2)CC1. The van der Waals surface area contributed by atoms with Gasteiger partial charge in [0.1, 0.15) is 23.9 Å². The lowest BCUT2D eigenvalue weighted by Gasteiger charge is -2.34. The monoisotopic (exact) mass is 444 g/mol. The molecule has 2 heterocycles. The molecule has 0 N–H and O–H groups in total. The molecule has 0 unspecified atom stereocenters. The standard InChI is InChI=1S/C27H25FN2O3/c28-22-8-3-5-20(17-22)18-29-13-15-30(16-14-29)27(31)26-12-11-23(33-26)19-32-25-10-4-7-21-6-1-2-9-24(21)25/h1-12,17H,13-16,18-19H2. The topological polar surface area (TPSA) is 45.9 Å². The summed E-state index contributed by atoms with van der Waals surface area (Å²) in [6.45, 7) is 3.62. The zero-order chi connectivity index (χ0) is 22.6. The summed E-state index contributed by atoms with van der Waals surface area (Å²) in [5.41, 5.74) is 0.941. The fourth-order valence-corrected chi connectivity index (χ4v) is 4.20. The summed E-state index contributed by atoms with van der Waals surface area (Å²) in [6.07, 6.45) is 0. The van der Waals surface area contributed by atoms with Crippen LogP contribution in [0.15, 0.2) is 83.3 Å². The Balaban J connectivity index is 1.16. The number of benzene rings is 3. The molecule has 5 rings (SSSR count). The zero-order valence-electron chi connectivity index (χ0n) is 18.2. The lowest BCUT2D eigenvalue weighted by atomic mass is 10.1. The van der Waals surface area contributed by atoms with Gasteiger partial charge in [0.15, 0.2) is 5.76 Å². The Morgan fingerprint density at radius 1 is 0.909 bits per heavy atom. The molecule has 1 aliphatic rings. The van der Waals surface area contributed by atoms with E-state index in [2.05, 4.69) is 4.90 Å². The van der Waals surface area contributed by atoms with Crippen LogP contribution in [0.3, 0.4) is 0 Å². The average Bonchev–Trinajstić information content (AvgIpc) is 3.32. The summed E-state index contributed by atoms with van der Waals surface area (Å²) in [4.78, 5) is 16.9. The number of halogens is 1. The van der Waals surface area contributed by atoms with Gasteiger partial charge in [0, 0.05) is 38.1 Å². The van der Waals surface area contributed by atoms with Crippen molar-refractivity contribution in [2.45, 2.75) is 13.2 Å². The number of rotatable bonds is 6. The number of carbonyl (C=O) groups is 1. The van der Waals surface area contributed by atoms with Gasteiger partial charge in [-0.05, 0) is 41.3 Å². The van der Waals surface area contributed by atoms with Crippen molar-refractivity contribution in [1.29, 1.82) is 0 Å². The Morgan fingerprint density at radius 3 is 2.55 bits per heavy atom. The third kappa shape index (κ3) is 4.91. The van der Waals surface area contributed by atoms with Crippen molar-refractivity contribution in [2.24, 2.45) is 0 Å². The van der Waals surface area contributed by atoms with Crippen LogP contribution >= 0.6 is 0 Å². The summed E-state index contributed by atoms with van der Waals surface area (Å²) in [5.74, 6) is 1.38. The Kier molecular flexibility index (Phi) is 6.09. The van der Waals surface area contributed by atoms with E-state index in [9.17, 15) is 9.18 Å². The normalized spacial score (nSPS) is 14.5. The average molecular weight is 445 g/mol. The molecule has 4 aromatic rings. The maximum Gasteiger partial charge on any atom is 0.289 e. The van der Waals surface area contributed by atoms with E-state index < -0.39 is 0 Å². The molecule has 1 fully saturated rings. The molecule has 0 atom stereocenters. The van der Waals surface area contributed by atoms with Crippen LogP contribution in [0.1, 0.15) is 21.9 Å². The number of hydrogen-bond donors (Lipinski definition) is 0. The second-order valence-electron chi connectivity index (χ2n) is 8.23. The highest BCUT2D eigenvalue weighted by Crippen LogP contribution is 2.26. The number of amides is 1. The molecule has 6 heteroatoms. The first-order chi connectivity index (χ1) is 16.2. The van der Waals surface area contributed by atoms with E-state index in [1.807, 2.05) is 48.5 Å². The van der Waals surface area contributed by atoms with Gasteiger partial charge in [-0.3, -0.25) is 9.69 Å². The smallest absolute Gasteiger partial charge is 0.289 e. The van der Waals surface area contributed by atoms with E-state index in [1.54, 1.807) is 29.2 Å². The minimum Gasteiger partial charge on any atom is -0.485 e. The second kappa shape index (κ2) is 9.46. The highest BCUT2D eigenvalue weighted by molar-refractivity contribution is 5.91. The van der Waals surface area contributed by atoms with Crippen LogP contribution in [0.5, 0.6) is 5.75 Å². The van der Waals surface area contributed by atoms with Crippen LogP contribution in [-0.4, -0.2) is 41.9 Å². The highest BCUT2D eigenvalue weighted by Gasteiger charge is 2.24. The van der Waals surface area contributed by atoms with E-state index in [0.717, 1.165) is 35.2 Å². The first-order valence-electron chi connectivity index (χ1n) is 11.1. The van der Waals surface area contributed by atoms with E-state index in [-0.39, 0.29) is 18.3 Å². The molecule has 1 aliphatic heterocycles. The molecule has 1 aromatic heterocycles. The molecule has 168 valence electrons. The van der Waals surface area contributed by atoms with E-state index in [4.69, 9.17) is 9.15 Å². The maximum atomic E-state index is 13.4. The van der Waals surface area contributed by atoms with Gasteiger partial charge < -0.3 is 14.1 Å². The molecular formula is C27H25FN2O3. The minimum absolute atomic E-state index is 0.114. The van der Waals surface area contributed by atoms with Crippen LogP contribution < -0.4 is 4.74 Å². The molecule has 1 saturated heterocycles. The third-order valence-corrected chi connectivity index (χ3v) is 5.95. The number of ether oxygens (including phenoxy) is 1. The molecule has 0 aliphatic carbocycles. The van der Waals surface area contributed by atoms with Crippen molar-refractivity contribution >= 4 is 16.7 Å². The highest BCUT2D eigenvalue weighted by atomic mass is 19.1. The predicted molar refractivity (Wildman–Crippen MR) is 125 cm³/mol. The Bertz CT molecular complexity index is 1260. The molecule has 0 bridgehead atoms. The summed E-state index contributed by atoms with van der Waals surface area (Å²) in [7, 11) is 0. The van der Waals surface area contributed by atoms with Crippen molar-refractivity contribution in [3.8, 4) is 5.75 Å². The first-order valence-corrected chi connectivity index (χ1v) is 11.1. The maximum absolute atomic E-state index is 13.4. The van der Waals surface area contributed by atoms with Crippen molar-refractivity contribution in [1.82, 2.24) is 9.80 Å². The molecule has 0 radical (unpaired) electrons. The van der Waals surface area contributed by atoms with Crippen LogP contribution in [0.2, 0.25) is 0 Å². The summed E-state index contributed by atoms with van der Waals surface area (Å²) < 4.78 is 25.2. The predicted octanol–water partition coefficient (Wildman–Crippen LogP) is 5.11. The number of furan rings is 1. The lowest BCUT2D eigenvalue weighted by molar-refractivity contribution is 0.0594. The van der Waals surface area contributed by atoms with Crippen molar-refractivity contribution < 1.29 is 18.3 Å². The second-order valence-corrected chi connectivity index (χ2v) is 8.23. The molecular weight excluding hydrogens is 419 g/mol. The van der Waals surface area contributed by atoms with E-state index in [1.165, 1.54) is 6.07 Å². The number of carbonyl (C=O) groups excluding carboxylic acids is 1. The fourth-order valence-electron chi connectivity index (χ4n) is 4.20. The summed E-state index contributed by atoms with van der Waals surface area (Å²) in [6, 6.07) is 24.1. The third-order valence-electron chi connectivity index (χ3n) is 5.95. The number of hydrogen-bond acceptors (Lipinski definition) is 4. The van der Waals surface area contributed by atoms with Gasteiger partial charge in [0.2, 0.25) is 0 Å². The largest absolute Gasteiger partial charge is 0.485 e. The number of fused-ring (bicyclic) bond motifs is 1. The Labute approximate surface area is 192 Å². The molecule has 3 aromatic carbocycles. The van der Waals surface area contributed by atoms with Gasteiger partial charge in [-0.25, -0.2) is 4.39 Å². The van der Waals surface area contributed by atoms with E-state index in [0.29, 0.717) is 31.2 Å². The molecule has 0 saturated carbocycles. The van der Waals surface area contributed by atoms with Gasteiger partial charge in [-0.1, -0.05) is 48.5 Å². The Morgan fingerprint density at radius 2 is 1.70 bits per heavy atom. The first kappa shape index (κ1) is 21.2. The molecule has 0 spiro atoms. The van der Waals surface area contributed by atoms with Gasteiger partial charge in [0.05, 0.1) is 0 Å². The van der Waals surface area contributed by atoms with Gasteiger partial charge >= 0.3 is 0 Å². The number of piperazine rings is 1. The molecule has 5 nitrogen and oxygen atoms in total. The molecule has 1 amide bonds. The quantitative estimate of drug-likeness (QED) is 0.415. The van der Waals surface area contributed by atoms with E-state index >= 15 is 0 Å². The van der Waals surface area contributed by atoms with Crippen molar-refractivity contribution in [3.05, 3.63) is 102 Å². The van der Waals surface area contributed by atoms with Gasteiger partial charge in [-0.2, -0.15) is 0 Å².